The zero-order valence-electron chi connectivity index (χ0n) is 11.0. The van der Waals surface area contributed by atoms with E-state index in [2.05, 4.69) is 5.32 Å². The van der Waals surface area contributed by atoms with Crippen molar-refractivity contribution in [2.45, 2.75) is 13.1 Å². The van der Waals surface area contributed by atoms with Gasteiger partial charge in [0.25, 0.3) is 0 Å². The second-order valence-corrected chi connectivity index (χ2v) is 4.51. The van der Waals surface area contributed by atoms with E-state index < -0.39 is 23.4 Å². The Morgan fingerprint density at radius 2 is 1.67 bits per heavy atom. The predicted molar refractivity (Wildman–Crippen MR) is 71.8 cm³/mol. The molecule has 0 aliphatic carbocycles. The van der Waals surface area contributed by atoms with Gasteiger partial charge in [0.05, 0.1) is 0 Å². The maximum Gasteiger partial charge on any atom is 0.248 e. The summed E-state index contributed by atoms with van der Waals surface area (Å²) in [6, 6.07) is 7.02. The molecule has 0 aromatic heterocycles. The van der Waals surface area contributed by atoms with Gasteiger partial charge in [-0.2, -0.15) is 0 Å². The van der Waals surface area contributed by atoms with Crippen molar-refractivity contribution in [3.63, 3.8) is 0 Å². The third-order valence-electron chi connectivity index (χ3n) is 2.98. The van der Waals surface area contributed by atoms with Crippen LogP contribution in [-0.2, 0) is 13.1 Å². The first-order valence-corrected chi connectivity index (χ1v) is 6.20. The molecule has 1 amide bonds. The monoisotopic (exact) mass is 294 g/mol. The molecule has 0 atom stereocenters. The molecule has 0 aliphatic heterocycles. The van der Waals surface area contributed by atoms with Crippen LogP contribution >= 0.6 is 0 Å². The lowest BCUT2D eigenvalue weighted by atomic mass is 10.1. The molecule has 0 fully saturated rings. The predicted octanol–water partition coefficient (Wildman–Crippen LogP) is 2.49. The summed E-state index contributed by atoms with van der Waals surface area (Å²) in [6.45, 7) is 0.168. The van der Waals surface area contributed by atoms with Crippen LogP contribution in [-0.4, -0.2) is 5.91 Å². The Morgan fingerprint density at radius 3 is 2.33 bits per heavy atom. The van der Waals surface area contributed by atoms with E-state index in [9.17, 15) is 18.0 Å². The quantitative estimate of drug-likeness (QED) is 0.890. The molecule has 2 aromatic rings. The summed E-state index contributed by atoms with van der Waals surface area (Å²) >= 11 is 0. The summed E-state index contributed by atoms with van der Waals surface area (Å²) < 4.78 is 40.1. The van der Waals surface area contributed by atoms with Gasteiger partial charge in [-0.05, 0) is 30.3 Å². The van der Waals surface area contributed by atoms with Crippen LogP contribution in [0.4, 0.5) is 13.2 Å². The first-order chi connectivity index (χ1) is 9.97. The third kappa shape index (κ3) is 3.82. The van der Waals surface area contributed by atoms with Crippen molar-refractivity contribution in [2.24, 2.45) is 5.73 Å². The average molecular weight is 294 g/mol. The van der Waals surface area contributed by atoms with Gasteiger partial charge in [0.1, 0.15) is 17.5 Å². The second-order valence-electron chi connectivity index (χ2n) is 4.51. The van der Waals surface area contributed by atoms with E-state index in [4.69, 9.17) is 5.73 Å². The van der Waals surface area contributed by atoms with Gasteiger partial charge < -0.3 is 11.1 Å². The van der Waals surface area contributed by atoms with E-state index in [1.165, 1.54) is 12.1 Å². The minimum atomic E-state index is -0.713. The molecule has 0 bridgehead atoms. The van der Waals surface area contributed by atoms with Crippen molar-refractivity contribution in [3.05, 3.63) is 70.5 Å². The molecule has 0 aliphatic rings. The molecule has 2 rings (SSSR count). The largest absolute Gasteiger partial charge is 0.366 e. The van der Waals surface area contributed by atoms with Crippen LogP contribution in [0.15, 0.2) is 36.4 Å². The maximum atomic E-state index is 13.7. The SMILES string of the molecule is NC(=O)c1ccc(CNCc2cc(F)ccc2F)c(F)c1. The molecule has 3 N–H and O–H groups in total. The molecule has 0 spiro atoms. The van der Waals surface area contributed by atoms with E-state index in [0.717, 1.165) is 24.3 Å². The Hall–Kier alpha value is -2.34. The van der Waals surface area contributed by atoms with Crippen molar-refractivity contribution in [1.29, 1.82) is 0 Å². The number of halogens is 3. The van der Waals surface area contributed by atoms with Crippen molar-refractivity contribution in [3.8, 4) is 0 Å². The van der Waals surface area contributed by atoms with Crippen LogP contribution in [0.25, 0.3) is 0 Å². The molecule has 0 unspecified atom stereocenters. The summed E-state index contributed by atoms with van der Waals surface area (Å²) in [6.07, 6.45) is 0. The van der Waals surface area contributed by atoms with Crippen LogP contribution in [0.2, 0.25) is 0 Å². The molecule has 21 heavy (non-hydrogen) atoms. The highest BCUT2D eigenvalue weighted by molar-refractivity contribution is 5.92. The summed E-state index contributed by atoms with van der Waals surface area (Å²) in [5.41, 5.74) is 5.58. The van der Waals surface area contributed by atoms with E-state index in [-0.39, 0.29) is 24.2 Å². The number of hydrogen-bond donors (Lipinski definition) is 2. The van der Waals surface area contributed by atoms with Crippen LogP contribution in [0.1, 0.15) is 21.5 Å². The Bertz CT molecular complexity index is 674. The van der Waals surface area contributed by atoms with Gasteiger partial charge in [0.2, 0.25) is 5.91 Å². The molecule has 110 valence electrons. The fraction of sp³-hybridized carbons (Fsp3) is 0.133. The van der Waals surface area contributed by atoms with Gasteiger partial charge in [-0.3, -0.25) is 4.79 Å². The molecule has 2 aromatic carbocycles. The fourth-order valence-electron chi connectivity index (χ4n) is 1.85. The van der Waals surface area contributed by atoms with Crippen molar-refractivity contribution >= 4 is 5.91 Å². The van der Waals surface area contributed by atoms with Crippen LogP contribution < -0.4 is 11.1 Å². The van der Waals surface area contributed by atoms with Gasteiger partial charge in [0, 0.05) is 29.8 Å². The lowest BCUT2D eigenvalue weighted by molar-refractivity contribution is 0.1000. The van der Waals surface area contributed by atoms with Gasteiger partial charge in [-0.15, -0.1) is 0 Å². The van der Waals surface area contributed by atoms with Gasteiger partial charge in [-0.1, -0.05) is 6.07 Å². The molecule has 3 nitrogen and oxygen atoms in total. The Kier molecular flexibility index (Phi) is 4.59. The highest BCUT2D eigenvalue weighted by Gasteiger charge is 2.08. The highest BCUT2D eigenvalue weighted by Crippen LogP contribution is 2.12. The number of benzene rings is 2. The first-order valence-electron chi connectivity index (χ1n) is 6.20. The Balaban J connectivity index is 2.00. The number of carbonyl (C=O) groups is 1. The van der Waals surface area contributed by atoms with E-state index >= 15 is 0 Å². The zero-order chi connectivity index (χ0) is 15.4. The first kappa shape index (κ1) is 15.1. The van der Waals surface area contributed by atoms with E-state index in [1.54, 1.807) is 0 Å². The number of nitrogens with one attached hydrogen (secondary N) is 1. The van der Waals surface area contributed by atoms with Crippen molar-refractivity contribution < 1.29 is 18.0 Å². The minimum absolute atomic E-state index is 0.0562. The number of nitrogens with two attached hydrogens (primary N) is 1. The smallest absolute Gasteiger partial charge is 0.248 e. The average Bonchev–Trinajstić information content (AvgIpc) is 2.44. The van der Waals surface area contributed by atoms with Crippen molar-refractivity contribution in [2.75, 3.05) is 0 Å². The lowest BCUT2D eigenvalue weighted by Crippen LogP contribution is -2.16. The lowest BCUT2D eigenvalue weighted by Gasteiger charge is -2.08. The normalized spacial score (nSPS) is 10.6. The van der Waals surface area contributed by atoms with Gasteiger partial charge in [-0.25, -0.2) is 13.2 Å². The van der Waals surface area contributed by atoms with Crippen LogP contribution in [0, 0.1) is 17.5 Å². The fourth-order valence-corrected chi connectivity index (χ4v) is 1.85. The number of amides is 1. The summed E-state index contributed by atoms with van der Waals surface area (Å²) in [7, 11) is 0. The summed E-state index contributed by atoms with van der Waals surface area (Å²) in [5.74, 6) is -2.37. The van der Waals surface area contributed by atoms with E-state index in [1.807, 2.05) is 0 Å². The summed E-state index contributed by atoms with van der Waals surface area (Å²) in [5, 5.41) is 2.81. The highest BCUT2D eigenvalue weighted by atomic mass is 19.1. The van der Waals surface area contributed by atoms with Gasteiger partial charge >= 0.3 is 0 Å². The Morgan fingerprint density at radius 1 is 0.952 bits per heavy atom. The topological polar surface area (TPSA) is 55.1 Å². The zero-order valence-corrected chi connectivity index (χ0v) is 11.0. The molecule has 0 saturated carbocycles. The molecular weight excluding hydrogens is 281 g/mol. The van der Waals surface area contributed by atoms with E-state index in [0.29, 0.717) is 5.56 Å². The molecule has 0 heterocycles. The molecule has 0 saturated heterocycles. The number of carbonyl (C=O) groups excluding carboxylic acids is 1. The van der Waals surface area contributed by atoms with Crippen molar-refractivity contribution in [1.82, 2.24) is 5.32 Å². The number of hydrogen-bond acceptors (Lipinski definition) is 2. The van der Waals surface area contributed by atoms with Crippen LogP contribution in [0.3, 0.4) is 0 Å². The molecule has 6 heteroatoms. The minimum Gasteiger partial charge on any atom is -0.366 e. The third-order valence-corrected chi connectivity index (χ3v) is 2.98. The Labute approximate surface area is 119 Å². The molecule has 0 radical (unpaired) electrons. The number of primary amides is 1. The number of rotatable bonds is 5. The standard InChI is InChI=1S/C15H13F3N2O/c16-12-3-4-13(17)11(5-12)8-20-7-10-2-1-9(15(19)21)6-14(10)18/h1-6,20H,7-8H2,(H2,19,21). The van der Waals surface area contributed by atoms with Crippen LogP contribution in [0.5, 0.6) is 0 Å². The van der Waals surface area contributed by atoms with Gasteiger partial charge in [0.15, 0.2) is 0 Å². The maximum absolute atomic E-state index is 13.7. The second kappa shape index (κ2) is 6.41. The summed E-state index contributed by atoms with van der Waals surface area (Å²) in [4.78, 5) is 10.9. The molecular formula is C15H13F3N2O.